The average molecular weight is 293 g/mol. The van der Waals surface area contributed by atoms with Crippen LogP contribution in [0.4, 0.5) is 4.79 Å². The number of carbonyl (C=O) groups is 2. The molecule has 1 heterocycles. The summed E-state index contributed by atoms with van der Waals surface area (Å²) in [4.78, 5) is 26.4. The van der Waals surface area contributed by atoms with Gasteiger partial charge in [0.25, 0.3) is 0 Å². The summed E-state index contributed by atoms with van der Waals surface area (Å²) >= 11 is 0. The molecule has 2 amide bonds. The Kier molecular flexibility index (Phi) is 7.21. The van der Waals surface area contributed by atoms with Crippen LogP contribution in [0.15, 0.2) is 24.5 Å². The van der Waals surface area contributed by atoms with Gasteiger partial charge in [0, 0.05) is 25.0 Å². The lowest BCUT2D eigenvalue weighted by atomic mass is 10.0. The van der Waals surface area contributed by atoms with E-state index in [2.05, 4.69) is 15.6 Å². The van der Waals surface area contributed by atoms with E-state index in [1.807, 2.05) is 19.1 Å². The third-order valence-electron chi connectivity index (χ3n) is 3.25. The van der Waals surface area contributed by atoms with Crippen molar-refractivity contribution in [2.75, 3.05) is 0 Å². The minimum Gasteiger partial charge on any atom is -0.481 e. The van der Waals surface area contributed by atoms with Crippen LogP contribution in [-0.4, -0.2) is 28.1 Å². The maximum Gasteiger partial charge on any atom is 0.315 e. The molecule has 0 aliphatic rings. The Bertz CT molecular complexity index is 451. The number of urea groups is 1. The Morgan fingerprint density at radius 1 is 1.33 bits per heavy atom. The van der Waals surface area contributed by atoms with Gasteiger partial charge in [-0.2, -0.15) is 0 Å². The smallest absolute Gasteiger partial charge is 0.315 e. The van der Waals surface area contributed by atoms with Crippen LogP contribution in [-0.2, 0) is 11.3 Å². The molecule has 2 unspecified atom stereocenters. The Hall–Kier alpha value is -2.11. The number of aliphatic carboxylic acids is 1. The van der Waals surface area contributed by atoms with Gasteiger partial charge in [-0.05, 0) is 31.4 Å². The van der Waals surface area contributed by atoms with Gasteiger partial charge in [-0.15, -0.1) is 0 Å². The first-order valence-electron chi connectivity index (χ1n) is 7.15. The number of aromatic nitrogens is 1. The number of pyridine rings is 1. The lowest BCUT2D eigenvalue weighted by molar-refractivity contribution is -0.141. The number of carbonyl (C=O) groups excluding carboxylic acids is 1. The molecule has 0 aliphatic heterocycles. The van der Waals surface area contributed by atoms with Crippen LogP contribution in [0.5, 0.6) is 0 Å². The summed E-state index contributed by atoms with van der Waals surface area (Å²) in [6.07, 6.45) is 5.55. The quantitative estimate of drug-likeness (QED) is 0.685. The lowest BCUT2D eigenvalue weighted by Gasteiger charge is -2.15. The number of amides is 2. The van der Waals surface area contributed by atoms with Gasteiger partial charge in [-0.25, -0.2) is 4.79 Å². The van der Waals surface area contributed by atoms with Crippen LogP contribution in [0.1, 0.15) is 38.7 Å². The van der Waals surface area contributed by atoms with E-state index in [4.69, 9.17) is 5.11 Å². The van der Waals surface area contributed by atoms with Gasteiger partial charge in [0.05, 0.1) is 5.92 Å². The van der Waals surface area contributed by atoms with Gasteiger partial charge in [-0.1, -0.05) is 19.4 Å². The van der Waals surface area contributed by atoms with E-state index in [0.29, 0.717) is 13.0 Å². The van der Waals surface area contributed by atoms with Crippen molar-refractivity contribution in [3.05, 3.63) is 30.1 Å². The fraction of sp³-hybridized carbons (Fsp3) is 0.533. The Morgan fingerprint density at radius 2 is 2.10 bits per heavy atom. The first-order valence-corrected chi connectivity index (χ1v) is 7.15. The predicted molar refractivity (Wildman–Crippen MR) is 79.7 cm³/mol. The summed E-state index contributed by atoms with van der Waals surface area (Å²) in [5.74, 6) is -1.11. The van der Waals surface area contributed by atoms with Crippen molar-refractivity contribution >= 4 is 12.0 Å². The molecule has 0 aliphatic carbocycles. The molecule has 3 N–H and O–H groups in total. The van der Waals surface area contributed by atoms with Gasteiger partial charge >= 0.3 is 12.0 Å². The zero-order chi connectivity index (χ0) is 15.7. The van der Waals surface area contributed by atoms with Crippen LogP contribution in [0.3, 0.4) is 0 Å². The number of hydrogen-bond acceptors (Lipinski definition) is 3. The van der Waals surface area contributed by atoms with Crippen molar-refractivity contribution in [2.24, 2.45) is 5.92 Å². The van der Waals surface area contributed by atoms with Gasteiger partial charge in [0.1, 0.15) is 0 Å². The normalized spacial score (nSPS) is 13.2. The zero-order valence-electron chi connectivity index (χ0n) is 12.5. The predicted octanol–water partition coefficient (Wildman–Crippen LogP) is 2.16. The van der Waals surface area contributed by atoms with Crippen molar-refractivity contribution in [3.8, 4) is 0 Å². The van der Waals surface area contributed by atoms with E-state index in [1.54, 1.807) is 19.3 Å². The summed E-state index contributed by atoms with van der Waals surface area (Å²) in [6, 6.07) is 3.50. The second kappa shape index (κ2) is 8.94. The monoisotopic (exact) mass is 293 g/mol. The minimum atomic E-state index is -0.773. The van der Waals surface area contributed by atoms with Gasteiger partial charge in [0.2, 0.25) is 0 Å². The van der Waals surface area contributed by atoms with Crippen molar-refractivity contribution in [3.63, 3.8) is 0 Å². The van der Waals surface area contributed by atoms with Crippen LogP contribution >= 0.6 is 0 Å². The van der Waals surface area contributed by atoms with Gasteiger partial charge in [-0.3, -0.25) is 9.78 Å². The summed E-state index contributed by atoms with van der Waals surface area (Å²) in [5, 5.41) is 14.4. The summed E-state index contributed by atoms with van der Waals surface area (Å²) in [5.41, 5.74) is 0.940. The van der Waals surface area contributed by atoms with E-state index >= 15 is 0 Å². The molecule has 0 radical (unpaired) electrons. The standard InChI is InChI=1S/C15H23N3O3/c1-11(14(19)20)5-3-6-12(2)18-15(21)17-10-13-7-4-8-16-9-13/h4,7-9,11-12H,3,5-6,10H2,1-2H3,(H,19,20)(H2,17,18,21). The summed E-state index contributed by atoms with van der Waals surface area (Å²) in [6.45, 7) is 4.04. The van der Waals surface area contributed by atoms with Crippen LogP contribution in [0.2, 0.25) is 0 Å². The number of rotatable bonds is 8. The molecule has 21 heavy (non-hydrogen) atoms. The van der Waals surface area contributed by atoms with Crippen molar-refractivity contribution in [1.29, 1.82) is 0 Å². The third-order valence-corrected chi connectivity index (χ3v) is 3.25. The molecule has 0 fully saturated rings. The van der Waals surface area contributed by atoms with Crippen LogP contribution < -0.4 is 10.6 Å². The molecule has 6 heteroatoms. The first-order chi connectivity index (χ1) is 9.99. The molecule has 0 bridgehead atoms. The Labute approximate surface area is 125 Å². The van der Waals surface area contributed by atoms with Crippen molar-refractivity contribution < 1.29 is 14.7 Å². The lowest BCUT2D eigenvalue weighted by Crippen LogP contribution is -2.40. The highest BCUT2D eigenvalue weighted by Crippen LogP contribution is 2.09. The molecule has 1 aromatic rings. The summed E-state index contributed by atoms with van der Waals surface area (Å²) in [7, 11) is 0. The molecule has 6 nitrogen and oxygen atoms in total. The van der Waals surface area contributed by atoms with E-state index in [1.165, 1.54) is 0 Å². The fourth-order valence-electron chi connectivity index (χ4n) is 1.89. The molecule has 116 valence electrons. The third kappa shape index (κ3) is 7.29. The minimum absolute atomic E-state index is 0.0138. The fourth-order valence-corrected chi connectivity index (χ4v) is 1.89. The van der Waals surface area contributed by atoms with E-state index < -0.39 is 5.97 Å². The molecular weight excluding hydrogens is 270 g/mol. The number of hydrogen-bond donors (Lipinski definition) is 3. The Morgan fingerprint density at radius 3 is 2.71 bits per heavy atom. The Balaban J connectivity index is 2.17. The van der Waals surface area contributed by atoms with Crippen LogP contribution in [0.25, 0.3) is 0 Å². The highest BCUT2D eigenvalue weighted by Gasteiger charge is 2.12. The molecule has 1 aromatic heterocycles. The molecule has 0 saturated heterocycles. The molecular formula is C15H23N3O3. The van der Waals surface area contributed by atoms with Crippen molar-refractivity contribution in [2.45, 2.75) is 45.7 Å². The first kappa shape index (κ1) is 16.9. The molecule has 0 aromatic carbocycles. The highest BCUT2D eigenvalue weighted by molar-refractivity contribution is 5.74. The maximum absolute atomic E-state index is 11.7. The number of nitrogens with one attached hydrogen (secondary N) is 2. The maximum atomic E-state index is 11.7. The molecule has 0 spiro atoms. The summed E-state index contributed by atoms with van der Waals surface area (Å²) < 4.78 is 0. The van der Waals surface area contributed by atoms with E-state index in [9.17, 15) is 9.59 Å². The highest BCUT2D eigenvalue weighted by atomic mass is 16.4. The number of carboxylic acid groups (broad SMARTS) is 1. The van der Waals surface area contributed by atoms with Crippen LogP contribution in [0, 0.1) is 5.92 Å². The van der Waals surface area contributed by atoms with E-state index in [0.717, 1.165) is 18.4 Å². The second-order valence-corrected chi connectivity index (χ2v) is 5.26. The van der Waals surface area contributed by atoms with E-state index in [-0.39, 0.29) is 18.0 Å². The molecule has 1 rings (SSSR count). The average Bonchev–Trinajstić information content (AvgIpc) is 2.46. The molecule has 2 atom stereocenters. The number of carboxylic acids is 1. The SMILES string of the molecule is CC(CCCC(C)C(=O)O)NC(=O)NCc1cccnc1. The molecule has 0 saturated carbocycles. The van der Waals surface area contributed by atoms with Gasteiger partial charge < -0.3 is 15.7 Å². The van der Waals surface area contributed by atoms with Gasteiger partial charge in [0.15, 0.2) is 0 Å². The zero-order valence-corrected chi connectivity index (χ0v) is 12.5. The second-order valence-electron chi connectivity index (χ2n) is 5.26. The van der Waals surface area contributed by atoms with Crippen molar-refractivity contribution in [1.82, 2.24) is 15.6 Å². The largest absolute Gasteiger partial charge is 0.481 e. The number of nitrogens with zero attached hydrogens (tertiary/aromatic N) is 1. The topological polar surface area (TPSA) is 91.3 Å².